The van der Waals surface area contributed by atoms with Crippen LogP contribution in [0.25, 0.3) is 21.9 Å². The first-order valence-corrected chi connectivity index (χ1v) is 23.9. The third-order valence-corrected chi connectivity index (χ3v) is 13.2. The number of rotatable bonds is 9. The number of anilines is 3. The molecule has 3 aliphatic heterocycles. The Labute approximate surface area is 386 Å². The van der Waals surface area contributed by atoms with E-state index in [9.17, 15) is 5.11 Å². The molecule has 2 aromatic heterocycles. The summed E-state index contributed by atoms with van der Waals surface area (Å²) >= 11 is 3.35. The molecule has 2 bridgehead atoms. The van der Waals surface area contributed by atoms with E-state index in [1.54, 1.807) is 29.8 Å². The van der Waals surface area contributed by atoms with Gasteiger partial charge in [-0.2, -0.15) is 0 Å². The summed E-state index contributed by atoms with van der Waals surface area (Å²) in [6.07, 6.45) is 4.26. The topological polar surface area (TPSA) is 104 Å². The molecule has 0 spiro atoms. The lowest BCUT2D eigenvalue weighted by Gasteiger charge is -2.30. The predicted octanol–water partition coefficient (Wildman–Crippen LogP) is 8.45. The van der Waals surface area contributed by atoms with Gasteiger partial charge in [-0.15, -0.1) is 22.7 Å². The Kier molecular flexibility index (Phi) is 18.6. The fraction of sp³-hybridized carbons (Fsp3) is 0.440. The van der Waals surface area contributed by atoms with Crippen LogP contribution in [0.1, 0.15) is 26.4 Å². The molecule has 0 saturated carbocycles. The van der Waals surface area contributed by atoms with Gasteiger partial charge in [0.2, 0.25) is 0 Å². The number of thiophene rings is 2. The van der Waals surface area contributed by atoms with Gasteiger partial charge in [0.25, 0.3) is 0 Å². The molecule has 0 amide bonds. The lowest BCUT2D eigenvalue weighted by Crippen LogP contribution is -2.34. The minimum atomic E-state index is 0.0581. The normalized spacial score (nSPS) is 16.8. The van der Waals surface area contributed by atoms with Crippen molar-refractivity contribution in [2.24, 2.45) is 0 Å². The Hall–Kier alpha value is -4.64. The molecule has 3 aromatic carbocycles. The van der Waals surface area contributed by atoms with Crippen molar-refractivity contribution < 1.29 is 43.0 Å². The van der Waals surface area contributed by atoms with Gasteiger partial charge in [0.1, 0.15) is 37.1 Å². The lowest BCUT2D eigenvalue weighted by atomic mass is 10.1. The second kappa shape index (κ2) is 25.2. The Morgan fingerprint density at radius 2 is 1.06 bits per heavy atom. The molecule has 1 saturated heterocycles. The van der Waals surface area contributed by atoms with Gasteiger partial charge in [-0.05, 0) is 97.3 Å². The Bertz CT molecular complexity index is 2110. The van der Waals surface area contributed by atoms with Crippen molar-refractivity contribution in [2.45, 2.75) is 20.5 Å². The Balaban J connectivity index is 1.20. The summed E-state index contributed by atoms with van der Waals surface area (Å²) in [6.45, 7) is 13.9. The van der Waals surface area contributed by atoms with E-state index < -0.39 is 0 Å². The van der Waals surface area contributed by atoms with Crippen molar-refractivity contribution in [1.29, 1.82) is 0 Å². The standard InChI is InChI=1S/C50H63N3O9S2/c1-38-4-11-43-46(34-38)60-26-20-53(45-13-7-40(36-48(45)62-33-28-55-3)6-8-41-9-14-49(63-41)50-15-10-42(37-54)64-50)21-27-61-47-35-39(2)5-12-44(47)52-18-24-58-31-29-56-22-16-51(43)17-23-57-30-32-59-25-19-52/h4-15,34-36,54H,16-33,37H2,1-3H3/b8-6+. The second-order valence-electron chi connectivity index (χ2n) is 15.6. The molecule has 5 heterocycles. The first-order valence-electron chi connectivity index (χ1n) is 22.2. The highest BCUT2D eigenvalue weighted by molar-refractivity contribution is 7.22. The average Bonchev–Trinajstić information content (AvgIpc) is 3.99. The number of aliphatic hydroxyl groups excluding tert-OH is 1. The number of aliphatic hydroxyl groups is 1. The molecule has 12 nitrogen and oxygen atoms in total. The highest BCUT2D eigenvalue weighted by atomic mass is 32.1. The van der Waals surface area contributed by atoms with E-state index in [2.05, 4.69) is 113 Å². The molecule has 0 radical (unpaired) electrons. The molecule has 1 N–H and O–H groups in total. The van der Waals surface area contributed by atoms with Crippen LogP contribution in [0.5, 0.6) is 17.2 Å². The van der Waals surface area contributed by atoms with E-state index >= 15 is 0 Å². The lowest BCUT2D eigenvalue weighted by molar-refractivity contribution is 0.0435. The van der Waals surface area contributed by atoms with Crippen LogP contribution in [0.2, 0.25) is 0 Å². The zero-order valence-corrected chi connectivity index (χ0v) is 39.1. The monoisotopic (exact) mass is 913 g/mol. The summed E-state index contributed by atoms with van der Waals surface area (Å²) in [7, 11) is 1.68. The number of methoxy groups -OCH3 is 1. The largest absolute Gasteiger partial charge is 0.490 e. The minimum absolute atomic E-state index is 0.0581. The van der Waals surface area contributed by atoms with Crippen LogP contribution in [0.15, 0.2) is 78.9 Å². The zero-order valence-electron chi connectivity index (χ0n) is 37.5. The summed E-state index contributed by atoms with van der Waals surface area (Å²) in [5, 5.41) is 9.56. The number of nitrogens with zero attached hydrogens (tertiary/aromatic N) is 3. The van der Waals surface area contributed by atoms with Crippen LogP contribution in [-0.4, -0.2) is 131 Å². The summed E-state index contributed by atoms with van der Waals surface area (Å²) in [6, 6.07) is 27.4. The molecule has 1 fully saturated rings. The van der Waals surface area contributed by atoms with Crippen molar-refractivity contribution in [2.75, 3.05) is 140 Å². The summed E-state index contributed by atoms with van der Waals surface area (Å²) in [4.78, 5) is 11.3. The molecule has 0 aliphatic carbocycles. The van der Waals surface area contributed by atoms with Gasteiger partial charge in [0.15, 0.2) is 0 Å². The highest BCUT2D eigenvalue weighted by Crippen LogP contribution is 2.36. The quantitative estimate of drug-likeness (QED) is 0.113. The third kappa shape index (κ3) is 13.9. The van der Waals surface area contributed by atoms with Gasteiger partial charge in [0.05, 0.1) is 96.2 Å². The first-order chi connectivity index (χ1) is 31.5. The zero-order chi connectivity index (χ0) is 44.4. The van der Waals surface area contributed by atoms with Crippen LogP contribution < -0.4 is 28.9 Å². The maximum atomic E-state index is 9.56. The maximum Gasteiger partial charge on any atom is 0.143 e. The molecule has 0 unspecified atom stereocenters. The van der Waals surface area contributed by atoms with Crippen molar-refractivity contribution in [3.05, 3.63) is 105 Å². The molecule has 3 aliphatic rings. The van der Waals surface area contributed by atoms with Gasteiger partial charge < -0.3 is 57.7 Å². The van der Waals surface area contributed by atoms with Crippen LogP contribution in [0, 0.1) is 13.8 Å². The number of benzene rings is 3. The van der Waals surface area contributed by atoms with Gasteiger partial charge >= 0.3 is 0 Å². The molecule has 64 heavy (non-hydrogen) atoms. The molecular formula is C50H63N3O9S2. The van der Waals surface area contributed by atoms with Gasteiger partial charge in [-0.25, -0.2) is 0 Å². The fourth-order valence-corrected chi connectivity index (χ4v) is 9.39. The van der Waals surface area contributed by atoms with Crippen LogP contribution in [-0.2, 0) is 30.3 Å². The van der Waals surface area contributed by atoms with Crippen molar-refractivity contribution in [3.63, 3.8) is 0 Å². The summed E-state index contributed by atoms with van der Waals surface area (Å²) < 4.78 is 49.8. The van der Waals surface area contributed by atoms with Crippen molar-refractivity contribution in [3.8, 4) is 27.0 Å². The van der Waals surface area contributed by atoms with Crippen LogP contribution >= 0.6 is 22.7 Å². The predicted molar refractivity (Wildman–Crippen MR) is 260 cm³/mol. The summed E-state index contributed by atoms with van der Waals surface area (Å²) in [5.41, 5.74) is 6.17. The van der Waals surface area contributed by atoms with E-state index in [1.807, 2.05) is 6.07 Å². The Morgan fingerprint density at radius 1 is 0.547 bits per heavy atom. The van der Waals surface area contributed by atoms with Crippen molar-refractivity contribution >= 4 is 51.9 Å². The number of hydrogen-bond acceptors (Lipinski definition) is 14. The molecular weight excluding hydrogens is 851 g/mol. The van der Waals surface area contributed by atoms with Crippen LogP contribution in [0.4, 0.5) is 17.1 Å². The molecule has 5 aromatic rings. The molecule has 344 valence electrons. The van der Waals surface area contributed by atoms with Crippen molar-refractivity contribution in [1.82, 2.24) is 0 Å². The van der Waals surface area contributed by atoms with E-state index in [1.165, 1.54) is 4.88 Å². The summed E-state index contributed by atoms with van der Waals surface area (Å²) in [5.74, 6) is 2.37. The smallest absolute Gasteiger partial charge is 0.143 e. The van der Waals surface area contributed by atoms with Gasteiger partial charge in [-0.1, -0.05) is 24.3 Å². The van der Waals surface area contributed by atoms with E-state index in [4.69, 9.17) is 37.9 Å². The van der Waals surface area contributed by atoms with E-state index in [-0.39, 0.29) is 6.61 Å². The number of ether oxygens (including phenoxy) is 8. The van der Waals surface area contributed by atoms with Crippen LogP contribution in [0.3, 0.4) is 0 Å². The molecule has 8 rings (SSSR count). The average molecular weight is 914 g/mol. The highest BCUT2D eigenvalue weighted by Gasteiger charge is 2.19. The fourth-order valence-electron chi connectivity index (χ4n) is 7.52. The Morgan fingerprint density at radius 3 is 1.61 bits per heavy atom. The van der Waals surface area contributed by atoms with Gasteiger partial charge in [-0.3, -0.25) is 0 Å². The third-order valence-electron chi connectivity index (χ3n) is 10.9. The first kappa shape index (κ1) is 47.3. The van der Waals surface area contributed by atoms with E-state index in [0.717, 1.165) is 65.6 Å². The SMILES string of the molecule is COCCOc1cc(/C=C/c2ccc(-c3ccc(CO)s3)s2)ccc1N1CCOc2cc(C)ccc2N2CCOCCOCCN(CCOCCOCC2)c2ccc(C)cc2OCC1. The van der Waals surface area contributed by atoms with E-state index in [0.29, 0.717) is 119 Å². The second-order valence-corrected chi connectivity index (χ2v) is 17.9. The minimum Gasteiger partial charge on any atom is -0.490 e. The van der Waals surface area contributed by atoms with Gasteiger partial charge in [0, 0.05) is 52.8 Å². The molecule has 14 heteroatoms. The number of fused-ring (bicyclic) bond motifs is 20. The number of aryl methyl sites for hydroxylation is 2. The molecule has 0 atom stereocenters. The maximum absolute atomic E-state index is 9.56. The number of hydrogen-bond donors (Lipinski definition) is 1.